The van der Waals surface area contributed by atoms with E-state index in [1.54, 1.807) is 0 Å². The quantitative estimate of drug-likeness (QED) is 0.852. The molecule has 0 atom stereocenters. The highest BCUT2D eigenvalue weighted by atomic mass is 19.3. The average molecular weight is 299 g/mol. The van der Waals surface area contributed by atoms with Crippen molar-refractivity contribution in [3.63, 3.8) is 0 Å². The van der Waals surface area contributed by atoms with Gasteiger partial charge in [0.05, 0.1) is 12.8 Å². The first kappa shape index (κ1) is 14.6. The molecule has 2 aromatic heterocycles. The molecule has 2 aromatic rings. The second-order valence-electron chi connectivity index (χ2n) is 3.95. The van der Waals surface area contributed by atoms with Gasteiger partial charge in [-0.15, -0.1) is 0 Å². The summed E-state index contributed by atoms with van der Waals surface area (Å²) in [7, 11) is 2.69. The van der Waals surface area contributed by atoms with E-state index < -0.39 is 18.4 Å². The molecule has 1 N–H and O–H groups in total. The Morgan fingerprint density at radius 1 is 1.43 bits per heavy atom. The van der Waals surface area contributed by atoms with Crippen LogP contribution in [0.15, 0.2) is 18.5 Å². The lowest BCUT2D eigenvalue weighted by Crippen LogP contribution is -2.19. The van der Waals surface area contributed by atoms with Crippen LogP contribution in [0.1, 0.15) is 27.5 Å². The molecule has 0 saturated heterocycles. The number of ether oxygens (including phenoxy) is 1. The van der Waals surface area contributed by atoms with Crippen molar-refractivity contribution in [2.45, 2.75) is 6.55 Å². The van der Waals surface area contributed by atoms with Crippen LogP contribution < -0.4 is 5.32 Å². The molecule has 0 fully saturated rings. The highest BCUT2D eigenvalue weighted by molar-refractivity contribution is 6.06. The molecular weight excluding hydrogens is 288 g/mol. The van der Waals surface area contributed by atoms with Gasteiger partial charge in [-0.05, 0) is 6.07 Å². The third-order valence-electron chi connectivity index (χ3n) is 2.54. The van der Waals surface area contributed by atoms with Gasteiger partial charge in [-0.25, -0.2) is 4.79 Å². The summed E-state index contributed by atoms with van der Waals surface area (Å²) in [5.41, 5.74) is -0.419. The van der Waals surface area contributed by atoms with Gasteiger partial charge in [0.2, 0.25) is 0 Å². The van der Waals surface area contributed by atoms with Crippen molar-refractivity contribution in [3.8, 4) is 0 Å². The number of aryl methyl sites for hydroxylation is 1. The van der Waals surface area contributed by atoms with Crippen LogP contribution in [0.25, 0.3) is 0 Å². The predicted octanol–water partition coefficient (Wildman–Crippen LogP) is 1.05. The summed E-state index contributed by atoms with van der Waals surface area (Å²) in [6, 6.07) is 1.13. The summed E-state index contributed by atoms with van der Waals surface area (Å²) in [6.45, 7) is -2.95. The summed E-state index contributed by atoms with van der Waals surface area (Å²) in [5, 5.41) is 9.51. The second-order valence-corrected chi connectivity index (χ2v) is 3.95. The third kappa shape index (κ3) is 2.88. The number of carbonyl (C=O) groups is 2. The van der Waals surface area contributed by atoms with Crippen molar-refractivity contribution >= 4 is 17.6 Å². The molecule has 21 heavy (non-hydrogen) atoms. The number of esters is 1. The van der Waals surface area contributed by atoms with Crippen LogP contribution in [0.4, 0.5) is 14.5 Å². The van der Waals surface area contributed by atoms with Gasteiger partial charge in [-0.3, -0.25) is 9.48 Å². The zero-order valence-corrected chi connectivity index (χ0v) is 11.1. The minimum Gasteiger partial charge on any atom is -0.464 e. The zero-order valence-electron chi connectivity index (χ0n) is 11.1. The van der Waals surface area contributed by atoms with E-state index in [0.29, 0.717) is 0 Å². The molecule has 10 heteroatoms. The van der Waals surface area contributed by atoms with Crippen LogP contribution in [0, 0.1) is 0 Å². The maximum absolute atomic E-state index is 12.7. The van der Waals surface area contributed by atoms with Crippen LogP contribution in [-0.4, -0.2) is 38.5 Å². The number of hydrogen-bond donors (Lipinski definition) is 1. The van der Waals surface area contributed by atoms with Gasteiger partial charge in [-0.2, -0.15) is 23.7 Å². The van der Waals surface area contributed by atoms with Gasteiger partial charge in [-0.1, -0.05) is 0 Å². The highest BCUT2D eigenvalue weighted by Gasteiger charge is 2.22. The van der Waals surface area contributed by atoms with Gasteiger partial charge in [0.15, 0.2) is 5.69 Å². The van der Waals surface area contributed by atoms with Crippen molar-refractivity contribution in [3.05, 3.63) is 29.8 Å². The highest BCUT2D eigenvalue weighted by Crippen LogP contribution is 2.17. The molecular formula is C11H11F2N5O3. The van der Waals surface area contributed by atoms with E-state index in [2.05, 4.69) is 20.3 Å². The van der Waals surface area contributed by atoms with E-state index in [9.17, 15) is 18.4 Å². The summed E-state index contributed by atoms with van der Waals surface area (Å²) < 4.78 is 31.4. The first-order chi connectivity index (χ1) is 9.93. The van der Waals surface area contributed by atoms with Gasteiger partial charge in [0.25, 0.3) is 5.91 Å². The van der Waals surface area contributed by atoms with Crippen LogP contribution in [0.3, 0.4) is 0 Å². The fourth-order valence-electron chi connectivity index (χ4n) is 1.66. The fraction of sp³-hybridized carbons (Fsp3) is 0.273. The maximum Gasteiger partial charge on any atom is 0.360 e. The SMILES string of the molecule is COC(=O)c1nn(C)cc1NC(=O)c1ccnn1C(F)F. The molecule has 0 aliphatic rings. The van der Waals surface area contributed by atoms with Crippen molar-refractivity contribution in [1.82, 2.24) is 19.6 Å². The minimum absolute atomic E-state index is 0.0522. The lowest BCUT2D eigenvalue weighted by Gasteiger charge is -2.06. The monoisotopic (exact) mass is 299 g/mol. The Morgan fingerprint density at radius 2 is 2.14 bits per heavy atom. The predicted molar refractivity (Wildman–Crippen MR) is 66.0 cm³/mol. The van der Waals surface area contributed by atoms with Crippen LogP contribution in [0.2, 0.25) is 0 Å². The Balaban J connectivity index is 2.28. The Hall–Kier alpha value is -2.78. The zero-order chi connectivity index (χ0) is 15.6. The minimum atomic E-state index is -2.95. The summed E-state index contributed by atoms with van der Waals surface area (Å²) in [5.74, 6) is -1.60. The van der Waals surface area contributed by atoms with E-state index in [1.807, 2.05) is 0 Å². The lowest BCUT2D eigenvalue weighted by atomic mass is 10.3. The number of hydrogen-bond acceptors (Lipinski definition) is 5. The molecule has 0 unspecified atom stereocenters. The van der Waals surface area contributed by atoms with E-state index in [0.717, 1.165) is 19.4 Å². The van der Waals surface area contributed by atoms with E-state index >= 15 is 0 Å². The smallest absolute Gasteiger partial charge is 0.360 e. The summed E-state index contributed by atoms with van der Waals surface area (Å²) >= 11 is 0. The van der Waals surface area contributed by atoms with Crippen LogP contribution >= 0.6 is 0 Å². The number of nitrogens with one attached hydrogen (secondary N) is 1. The molecule has 2 rings (SSSR count). The van der Waals surface area contributed by atoms with Crippen LogP contribution in [0.5, 0.6) is 0 Å². The molecule has 0 saturated carbocycles. The number of nitrogens with zero attached hydrogens (tertiary/aromatic N) is 4. The Labute approximate surface area is 117 Å². The standard InChI is InChI=1S/C11H11F2N5O3/c1-17-5-6(8(16-17)10(20)21-2)15-9(19)7-3-4-14-18(7)11(12)13/h3-5,11H,1-2H3,(H,15,19). The normalized spacial score (nSPS) is 10.7. The Morgan fingerprint density at radius 3 is 2.76 bits per heavy atom. The number of amides is 1. The number of anilines is 1. The maximum atomic E-state index is 12.7. The fourth-order valence-corrected chi connectivity index (χ4v) is 1.66. The molecule has 2 heterocycles. The van der Waals surface area contributed by atoms with Crippen molar-refractivity contribution in [2.75, 3.05) is 12.4 Å². The molecule has 8 nitrogen and oxygen atoms in total. The number of alkyl halides is 2. The number of methoxy groups -OCH3 is 1. The number of rotatable bonds is 4. The molecule has 0 radical (unpaired) electrons. The summed E-state index contributed by atoms with van der Waals surface area (Å²) in [4.78, 5) is 23.5. The molecule has 0 aliphatic carbocycles. The number of halogens is 2. The lowest BCUT2D eigenvalue weighted by molar-refractivity contribution is 0.0520. The third-order valence-corrected chi connectivity index (χ3v) is 2.54. The Kier molecular flexibility index (Phi) is 3.96. The number of aromatic nitrogens is 4. The van der Waals surface area contributed by atoms with Crippen molar-refractivity contribution < 1.29 is 23.1 Å². The largest absolute Gasteiger partial charge is 0.464 e. The molecule has 0 aromatic carbocycles. The van der Waals surface area contributed by atoms with Crippen molar-refractivity contribution in [2.24, 2.45) is 7.05 Å². The topological polar surface area (TPSA) is 91.0 Å². The van der Waals surface area contributed by atoms with Gasteiger partial charge in [0, 0.05) is 19.4 Å². The van der Waals surface area contributed by atoms with E-state index in [4.69, 9.17) is 0 Å². The van der Waals surface area contributed by atoms with E-state index in [-0.39, 0.29) is 21.8 Å². The van der Waals surface area contributed by atoms with Crippen molar-refractivity contribution in [1.29, 1.82) is 0 Å². The first-order valence-corrected chi connectivity index (χ1v) is 5.69. The first-order valence-electron chi connectivity index (χ1n) is 5.69. The second kappa shape index (κ2) is 5.69. The molecule has 1 amide bonds. The Bertz CT molecular complexity index is 679. The molecule has 112 valence electrons. The molecule has 0 bridgehead atoms. The molecule has 0 aliphatic heterocycles. The van der Waals surface area contributed by atoms with Crippen LogP contribution in [-0.2, 0) is 11.8 Å². The van der Waals surface area contributed by atoms with Gasteiger partial charge in [0.1, 0.15) is 5.69 Å². The van der Waals surface area contributed by atoms with Gasteiger partial charge >= 0.3 is 12.5 Å². The summed E-state index contributed by atoms with van der Waals surface area (Å²) in [6.07, 6.45) is 2.43. The molecule has 0 spiro atoms. The number of carbonyl (C=O) groups excluding carboxylic acids is 2. The van der Waals surface area contributed by atoms with Gasteiger partial charge < -0.3 is 10.1 Å². The van der Waals surface area contributed by atoms with E-state index in [1.165, 1.54) is 17.9 Å². The average Bonchev–Trinajstić information content (AvgIpc) is 3.04.